The van der Waals surface area contributed by atoms with Crippen LogP contribution in [0, 0.1) is 0 Å². The van der Waals surface area contributed by atoms with Crippen molar-refractivity contribution >= 4 is 5.91 Å². The smallest absolute Gasteiger partial charge is 0.216 e. The Morgan fingerprint density at radius 3 is 2.60 bits per heavy atom. The second kappa shape index (κ2) is 6.84. The number of nitrogens with one attached hydrogen (secondary N) is 1. The van der Waals surface area contributed by atoms with Crippen LogP contribution in [0.5, 0.6) is 0 Å². The van der Waals surface area contributed by atoms with E-state index in [-0.39, 0.29) is 5.91 Å². The monoisotopic (exact) mass is 272 g/mol. The number of carbonyl (C=O) groups excluding carboxylic acids is 1. The summed E-state index contributed by atoms with van der Waals surface area (Å²) in [5.74, 6) is 0.865. The number of aromatic nitrogens is 3. The largest absolute Gasteiger partial charge is 0.356 e. The van der Waals surface area contributed by atoms with Gasteiger partial charge < -0.3 is 5.32 Å². The Balaban J connectivity index is 1.98. The van der Waals surface area contributed by atoms with Crippen molar-refractivity contribution in [2.45, 2.75) is 33.2 Å². The highest BCUT2D eigenvalue weighted by Gasteiger charge is 2.05. The van der Waals surface area contributed by atoms with Crippen molar-refractivity contribution in [1.29, 1.82) is 0 Å². The Hall–Kier alpha value is -2.17. The molecule has 1 N–H and O–H groups in total. The first-order valence-electron chi connectivity index (χ1n) is 6.88. The minimum Gasteiger partial charge on any atom is -0.356 e. The van der Waals surface area contributed by atoms with Gasteiger partial charge in [0.15, 0.2) is 0 Å². The van der Waals surface area contributed by atoms with Crippen LogP contribution >= 0.6 is 0 Å². The van der Waals surface area contributed by atoms with Crippen LogP contribution in [0.1, 0.15) is 30.8 Å². The molecule has 2 aromatic rings. The highest BCUT2D eigenvalue weighted by molar-refractivity contribution is 5.72. The van der Waals surface area contributed by atoms with Crippen LogP contribution in [0.25, 0.3) is 0 Å². The molecule has 2 rings (SSSR count). The molecule has 0 radical (unpaired) electrons. The van der Waals surface area contributed by atoms with Crippen molar-refractivity contribution in [3.05, 3.63) is 47.5 Å². The van der Waals surface area contributed by atoms with Crippen molar-refractivity contribution in [3.63, 3.8) is 0 Å². The zero-order valence-electron chi connectivity index (χ0n) is 12.0. The molecule has 0 aliphatic rings. The molecule has 1 heterocycles. The number of nitrogens with zero attached hydrogens (tertiary/aromatic N) is 3. The first kappa shape index (κ1) is 14.2. The molecule has 106 valence electrons. The molecular formula is C15H20N4O. The lowest BCUT2D eigenvalue weighted by Gasteiger charge is -2.07. The number of amides is 1. The molecule has 0 fully saturated rings. The molecule has 20 heavy (non-hydrogen) atoms. The van der Waals surface area contributed by atoms with E-state index in [0.29, 0.717) is 19.5 Å². The first-order valence-corrected chi connectivity index (χ1v) is 6.88. The Morgan fingerprint density at radius 1 is 1.25 bits per heavy atom. The van der Waals surface area contributed by atoms with Crippen molar-refractivity contribution in [2.75, 3.05) is 6.54 Å². The summed E-state index contributed by atoms with van der Waals surface area (Å²) in [6.07, 6.45) is 3.29. The average molecular weight is 272 g/mol. The topological polar surface area (TPSA) is 59.8 Å². The predicted octanol–water partition coefficient (Wildman–Crippen LogP) is 1.57. The molecule has 0 aliphatic heterocycles. The fourth-order valence-electron chi connectivity index (χ4n) is 2.02. The maximum Gasteiger partial charge on any atom is 0.216 e. The summed E-state index contributed by atoms with van der Waals surface area (Å²) in [7, 11) is 0. The van der Waals surface area contributed by atoms with E-state index in [0.717, 1.165) is 12.2 Å². The summed E-state index contributed by atoms with van der Waals surface area (Å²) in [6, 6.07) is 8.53. The van der Waals surface area contributed by atoms with E-state index in [4.69, 9.17) is 0 Å². The number of aryl methyl sites for hydroxylation is 1. The van der Waals surface area contributed by atoms with E-state index in [1.807, 2.05) is 4.68 Å². The van der Waals surface area contributed by atoms with Crippen LogP contribution < -0.4 is 5.32 Å². The molecule has 0 aliphatic carbocycles. The van der Waals surface area contributed by atoms with Crippen LogP contribution in [0.15, 0.2) is 30.6 Å². The van der Waals surface area contributed by atoms with E-state index in [1.54, 1.807) is 6.33 Å². The minimum atomic E-state index is -0.0220. The Kier molecular flexibility index (Phi) is 4.87. The molecule has 1 amide bonds. The van der Waals surface area contributed by atoms with Gasteiger partial charge in [-0.05, 0) is 17.5 Å². The van der Waals surface area contributed by atoms with Gasteiger partial charge in [-0.2, -0.15) is 5.10 Å². The fourth-order valence-corrected chi connectivity index (χ4v) is 2.02. The van der Waals surface area contributed by atoms with Crippen LogP contribution in [0.3, 0.4) is 0 Å². The third-order valence-corrected chi connectivity index (χ3v) is 3.18. The lowest BCUT2D eigenvalue weighted by molar-refractivity contribution is -0.118. The van der Waals surface area contributed by atoms with Gasteiger partial charge in [-0.25, -0.2) is 9.67 Å². The molecule has 1 aromatic heterocycles. The molecule has 5 nitrogen and oxygen atoms in total. The summed E-state index contributed by atoms with van der Waals surface area (Å²) in [5, 5.41) is 7.01. The number of carbonyl (C=O) groups is 1. The van der Waals surface area contributed by atoms with Gasteiger partial charge >= 0.3 is 0 Å². The van der Waals surface area contributed by atoms with E-state index < -0.39 is 0 Å². The number of hydrogen-bond acceptors (Lipinski definition) is 3. The van der Waals surface area contributed by atoms with E-state index in [2.05, 4.69) is 46.6 Å². The summed E-state index contributed by atoms with van der Waals surface area (Å²) >= 11 is 0. The molecule has 0 saturated carbocycles. The van der Waals surface area contributed by atoms with Gasteiger partial charge in [0.1, 0.15) is 12.2 Å². The summed E-state index contributed by atoms with van der Waals surface area (Å²) in [6.45, 7) is 4.95. The van der Waals surface area contributed by atoms with E-state index >= 15 is 0 Å². The number of benzene rings is 1. The van der Waals surface area contributed by atoms with Crippen molar-refractivity contribution < 1.29 is 4.79 Å². The maximum atomic E-state index is 10.9. The number of hydrogen-bond donors (Lipinski definition) is 1. The molecule has 5 heteroatoms. The highest BCUT2D eigenvalue weighted by atomic mass is 16.1. The molecule has 0 saturated heterocycles. The van der Waals surface area contributed by atoms with Crippen molar-refractivity contribution in [3.8, 4) is 0 Å². The van der Waals surface area contributed by atoms with E-state index in [1.165, 1.54) is 18.1 Å². The quantitative estimate of drug-likeness (QED) is 0.868. The molecule has 0 bridgehead atoms. The normalized spacial score (nSPS) is 10.5. The standard InChI is InChI=1S/C15H20N4O/c1-3-13-4-6-14(7-5-13)10-19-15(17-11-18-19)8-9-16-12(2)20/h4-7,11H,3,8-10H2,1-2H3,(H,16,20). The third-order valence-electron chi connectivity index (χ3n) is 3.18. The van der Waals surface area contributed by atoms with Gasteiger partial charge in [-0.1, -0.05) is 31.2 Å². The molecule has 1 aromatic carbocycles. The number of rotatable bonds is 6. The van der Waals surface area contributed by atoms with Gasteiger partial charge in [0.25, 0.3) is 0 Å². The second-order valence-corrected chi connectivity index (χ2v) is 4.74. The van der Waals surface area contributed by atoms with Crippen LogP contribution in [0.4, 0.5) is 0 Å². The first-order chi connectivity index (χ1) is 9.69. The lowest BCUT2D eigenvalue weighted by Crippen LogP contribution is -2.23. The maximum absolute atomic E-state index is 10.9. The molecular weight excluding hydrogens is 252 g/mol. The van der Waals surface area contributed by atoms with Crippen LogP contribution in [-0.4, -0.2) is 27.2 Å². The SMILES string of the molecule is CCc1ccc(Cn2ncnc2CCNC(C)=O)cc1. The predicted molar refractivity (Wildman–Crippen MR) is 77.3 cm³/mol. The van der Waals surface area contributed by atoms with Gasteiger partial charge in [-0.3, -0.25) is 4.79 Å². The Bertz CT molecular complexity index is 560. The van der Waals surface area contributed by atoms with Gasteiger partial charge in [0.2, 0.25) is 5.91 Å². The summed E-state index contributed by atoms with van der Waals surface area (Å²) in [4.78, 5) is 15.1. The fraction of sp³-hybridized carbons (Fsp3) is 0.400. The molecule has 0 unspecified atom stereocenters. The lowest BCUT2D eigenvalue weighted by atomic mass is 10.1. The van der Waals surface area contributed by atoms with E-state index in [9.17, 15) is 4.79 Å². The van der Waals surface area contributed by atoms with Crippen LogP contribution in [-0.2, 0) is 24.2 Å². The zero-order valence-corrected chi connectivity index (χ0v) is 12.0. The average Bonchev–Trinajstić information content (AvgIpc) is 2.87. The highest BCUT2D eigenvalue weighted by Crippen LogP contribution is 2.07. The van der Waals surface area contributed by atoms with Gasteiger partial charge in [0.05, 0.1) is 6.54 Å². The van der Waals surface area contributed by atoms with Crippen LogP contribution in [0.2, 0.25) is 0 Å². The summed E-state index contributed by atoms with van der Waals surface area (Å²) in [5.41, 5.74) is 2.53. The van der Waals surface area contributed by atoms with Crippen molar-refractivity contribution in [2.24, 2.45) is 0 Å². The second-order valence-electron chi connectivity index (χ2n) is 4.74. The molecule has 0 atom stereocenters. The Labute approximate surface area is 119 Å². The zero-order chi connectivity index (χ0) is 14.4. The Morgan fingerprint density at radius 2 is 1.95 bits per heavy atom. The van der Waals surface area contributed by atoms with Crippen molar-refractivity contribution in [1.82, 2.24) is 20.1 Å². The minimum absolute atomic E-state index is 0.0220. The third kappa shape index (κ3) is 3.91. The molecule has 0 spiro atoms. The summed E-state index contributed by atoms with van der Waals surface area (Å²) < 4.78 is 1.88. The van der Waals surface area contributed by atoms with Gasteiger partial charge in [-0.15, -0.1) is 0 Å². The van der Waals surface area contributed by atoms with Gasteiger partial charge in [0, 0.05) is 19.9 Å².